The van der Waals surface area contributed by atoms with Gasteiger partial charge in [0.2, 0.25) is 5.91 Å². The number of aryl methyl sites for hydroxylation is 1. The number of amides is 1. The minimum absolute atomic E-state index is 0.0728. The van der Waals surface area contributed by atoms with Crippen LogP contribution in [0.4, 0.5) is 0 Å². The average molecular weight is 351 g/mol. The molecule has 1 amide bonds. The fourth-order valence-electron chi connectivity index (χ4n) is 5.09. The molecule has 1 aromatic heterocycles. The van der Waals surface area contributed by atoms with Crippen molar-refractivity contribution in [2.45, 2.75) is 57.3 Å². The number of rotatable bonds is 4. The molecule has 3 aliphatic rings. The molecule has 136 valence electrons. The van der Waals surface area contributed by atoms with E-state index < -0.39 is 0 Å². The van der Waals surface area contributed by atoms with Crippen molar-refractivity contribution in [3.05, 3.63) is 47.5 Å². The van der Waals surface area contributed by atoms with Crippen LogP contribution in [0.25, 0.3) is 0 Å². The molecule has 3 aliphatic heterocycles. The van der Waals surface area contributed by atoms with Crippen molar-refractivity contribution in [2.24, 2.45) is 5.92 Å². The van der Waals surface area contributed by atoms with Gasteiger partial charge in [0, 0.05) is 25.0 Å². The van der Waals surface area contributed by atoms with Gasteiger partial charge in [0.1, 0.15) is 5.82 Å². The van der Waals surface area contributed by atoms with E-state index in [0.717, 1.165) is 50.4 Å². The van der Waals surface area contributed by atoms with Crippen molar-refractivity contribution in [1.29, 1.82) is 0 Å². The van der Waals surface area contributed by atoms with Gasteiger partial charge in [0.25, 0.3) is 0 Å². The van der Waals surface area contributed by atoms with Crippen LogP contribution in [0.1, 0.15) is 48.9 Å². The Hall–Kier alpha value is -2.21. The molecule has 4 heterocycles. The first kappa shape index (κ1) is 16.0. The summed E-state index contributed by atoms with van der Waals surface area (Å²) < 4.78 is 2.16. The second-order valence-electron chi connectivity index (χ2n) is 7.72. The molecule has 1 aromatic carbocycles. The maximum atomic E-state index is 13.0. The average Bonchev–Trinajstić information content (AvgIpc) is 3.41. The second-order valence-corrected chi connectivity index (χ2v) is 7.72. The maximum Gasteiger partial charge on any atom is 0.225 e. The van der Waals surface area contributed by atoms with E-state index in [4.69, 9.17) is 0 Å². The van der Waals surface area contributed by atoms with Crippen LogP contribution in [0.15, 0.2) is 30.3 Å². The van der Waals surface area contributed by atoms with Crippen molar-refractivity contribution < 1.29 is 4.79 Å². The van der Waals surface area contributed by atoms with E-state index in [2.05, 4.69) is 55.3 Å². The molecule has 6 nitrogen and oxygen atoms in total. The van der Waals surface area contributed by atoms with E-state index in [1.54, 1.807) is 0 Å². The van der Waals surface area contributed by atoms with Gasteiger partial charge >= 0.3 is 0 Å². The molecule has 2 fully saturated rings. The minimum atomic E-state index is 0.0728. The monoisotopic (exact) mass is 351 g/mol. The van der Waals surface area contributed by atoms with Crippen molar-refractivity contribution >= 4 is 5.91 Å². The lowest BCUT2D eigenvalue weighted by atomic mass is 9.93. The number of benzene rings is 1. The van der Waals surface area contributed by atoms with Gasteiger partial charge in [-0.1, -0.05) is 30.3 Å². The van der Waals surface area contributed by atoms with Crippen molar-refractivity contribution in [3.8, 4) is 0 Å². The van der Waals surface area contributed by atoms with Crippen LogP contribution in [0.5, 0.6) is 0 Å². The van der Waals surface area contributed by atoms with Crippen LogP contribution in [0.2, 0.25) is 0 Å². The molecular weight excluding hydrogens is 326 g/mol. The zero-order valence-corrected chi connectivity index (χ0v) is 15.0. The van der Waals surface area contributed by atoms with Gasteiger partial charge in [-0.3, -0.25) is 9.69 Å². The van der Waals surface area contributed by atoms with E-state index in [9.17, 15) is 4.79 Å². The first-order valence-electron chi connectivity index (χ1n) is 9.80. The summed E-state index contributed by atoms with van der Waals surface area (Å²) in [6.07, 6.45) is 5.36. The highest BCUT2D eigenvalue weighted by atomic mass is 16.2. The summed E-state index contributed by atoms with van der Waals surface area (Å²) in [4.78, 5) is 15.5. The van der Waals surface area contributed by atoms with Gasteiger partial charge in [-0.05, 0) is 37.8 Å². The molecule has 5 rings (SSSR count). The number of hydrogen-bond acceptors (Lipinski definition) is 4. The number of nitrogens with zero attached hydrogens (tertiary/aromatic N) is 4. The first-order valence-corrected chi connectivity index (χ1v) is 9.80. The Kier molecular flexibility index (Phi) is 4.00. The van der Waals surface area contributed by atoms with Gasteiger partial charge in [-0.2, -0.15) is 0 Å². The number of fused-ring (bicyclic) bond motifs is 2. The standard InChI is InChI=1S/C20H25N5O/c26-20(21-13-19-23-22-18-9-5-11-25(18)19)15-12-17(14-6-2-1-3-7-14)24-10-4-8-16(15)24/h1-3,6-7,15-17H,4-5,8-13H2,(H,21,26)/t15-,16+,17-/m0/s1. The highest BCUT2D eigenvalue weighted by Crippen LogP contribution is 2.44. The van der Waals surface area contributed by atoms with Crippen molar-refractivity contribution in [2.75, 3.05) is 6.54 Å². The number of carbonyl (C=O) groups is 1. The van der Waals surface area contributed by atoms with Crippen molar-refractivity contribution in [1.82, 2.24) is 25.0 Å². The van der Waals surface area contributed by atoms with Crippen LogP contribution in [-0.2, 0) is 24.3 Å². The van der Waals surface area contributed by atoms with E-state index in [1.807, 2.05) is 0 Å². The zero-order chi connectivity index (χ0) is 17.5. The highest BCUT2D eigenvalue weighted by molar-refractivity contribution is 5.80. The van der Waals surface area contributed by atoms with Crippen LogP contribution in [0, 0.1) is 5.92 Å². The summed E-state index contributed by atoms with van der Waals surface area (Å²) in [5.41, 5.74) is 1.34. The summed E-state index contributed by atoms with van der Waals surface area (Å²) in [7, 11) is 0. The Bertz CT molecular complexity index is 802. The lowest BCUT2D eigenvalue weighted by Gasteiger charge is -2.24. The molecule has 0 radical (unpaired) electrons. The topological polar surface area (TPSA) is 63.1 Å². The SMILES string of the molecule is O=C(NCc1nnc2n1CCC2)[C@H]1C[C@@H](c2ccccc2)N2CCC[C@H]12. The van der Waals surface area contributed by atoms with Gasteiger partial charge in [0.15, 0.2) is 5.82 Å². The normalized spacial score (nSPS) is 27.5. The Morgan fingerprint density at radius 2 is 2.04 bits per heavy atom. The molecule has 2 aromatic rings. The molecule has 0 bridgehead atoms. The predicted molar refractivity (Wildman–Crippen MR) is 97.2 cm³/mol. The number of aromatic nitrogens is 3. The molecule has 0 spiro atoms. The van der Waals surface area contributed by atoms with E-state index in [-0.39, 0.29) is 11.8 Å². The van der Waals surface area contributed by atoms with E-state index in [0.29, 0.717) is 18.6 Å². The number of hydrogen-bond donors (Lipinski definition) is 1. The fourth-order valence-corrected chi connectivity index (χ4v) is 5.09. The lowest BCUT2D eigenvalue weighted by molar-refractivity contribution is -0.125. The summed E-state index contributed by atoms with van der Waals surface area (Å²) in [5.74, 6) is 2.20. The zero-order valence-electron chi connectivity index (χ0n) is 15.0. The summed E-state index contributed by atoms with van der Waals surface area (Å²) >= 11 is 0. The Balaban J connectivity index is 1.29. The summed E-state index contributed by atoms with van der Waals surface area (Å²) in [6, 6.07) is 11.4. The molecular formula is C20H25N5O. The lowest BCUT2D eigenvalue weighted by Crippen LogP contribution is -2.37. The Labute approximate surface area is 153 Å². The third kappa shape index (κ3) is 2.63. The molecule has 0 saturated carbocycles. The molecule has 1 N–H and O–H groups in total. The quantitative estimate of drug-likeness (QED) is 0.916. The molecule has 0 aliphatic carbocycles. The molecule has 2 saturated heterocycles. The summed E-state index contributed by atoms with van der Waals surface area (Å²) in [6.45, 7) is 2.57. The van der Waals surface area contributed by atoms with Gasteiger partial charge in [-0.15, -0.1) is 10.2 Å². The maximum absolute atomic E-state index is 13.0. The van der Waals surface area contributed by atoms with E-state index >= 15 is 0 Å². The van der Waals surface area contributed by atoms with Gasteiger partial charge in [-0.25, -0.2) is 0 Å². The van der Waals surface area contributed by atoms with Crippen LogP contribution in [0.3, 0.4) is 0 Å². The predicted octanol–water partition coefficient (Wildman–Crippen LogP) is 2.07. The molecule has 26 heavy (non-hydrogen) atoms. The van der Waals surface area contributed by atoms with Crippen molar-refractivity contribution in [3.63, 3.8) is 0 Å². The number of nitrogens with one attached hydrogen (secondary N) is 1. The largest absolute Gasteiger partial charge is 0.349 e. The second kappa shape index (κ2) is 6.50. The van der Waals surface area contributed by atoms with E-state index in [1.165, 1.54) is 12.0 Å². The third-order valence-corrected chi connectivity index (χ3v) is 6.31. The molecule has 6 heteroatoms. The highest BCUT2D eigenvalue weighted by Gasteiger charge is 2.47. The summed E-state index contributed by atoms with van der Waals surface area (Å²) in [5, 5.41) is 11.6. The minimum Gasteiger partial charge on any atom is -0.349 e. The van der Waals surface area contributed by atoms with Gasteiger partial charge in [0.05, 0.1) is 12.5 Å². The fraction of sp³-hybridized carbons (Fsp3) is 0.550. The molecule has 0 unspecified atom stereocenters. The van der Waals surface area contributed by atoms with Crippen LogP contribution >= 0.6 is 0 Å². The first-order chi connectivity index (χ1) is 12.8. The van der Waals surface area contributed by atoms with Crippen LogP contribution < -0.4 is 5.32 Å². The van der Waals surface area contributed by atoms with Crippen LogP contribution in [-0.4, -0.2) is 38.2 Å². The molecule has 3 atom stereocenters. The smallest absolute Gasteiger partial charge is 0.225 e. The third-order valence-electron chi connectivity index (χ3n) is 6.31. The number of carbonyl (C=O) groups excluding carboxylic acids is 1. The Morgan fingerprint density at radius 1 is 1.15 bits per heavy atom. The van der Waals surface area contributed by atoms with Gasteiger partial charge < -0.3 is 9.88 Å². The Morgan fingerprint density at radius 3 is 2.92 bits per heavy atom.